The number of nitrogens with one attached hydrogen (secondary N) is 1. The Morgan fingerprint density at radius 3 is 3.14 bits per heavy atom. The summed E-state index contributed by atoms with van der Waals surface area (Å²) in [6.45, 7) is 0. The van der Waals surface area contributed by atoms with Crippen molar-refractivity contribution < 1.29 is 13.6 Å². The number of amides is 1. The number of carbonyl (C=O) groups is 1. The fourth-order valence-corrected chi connectivity index (χ4v) is 2.86. The first-order valence-corrected chi connectivity index (χ1v) is 7.71. The summed E-state index contributed by atoms with van der Waals surface area (Å²) >= 11 is 2.86. The number of thiophene rings is 1. The Balaban J connectivity index is 1.63. The lowest BCUT2D eigenvalue weighted by atomic mass is 10.3. The van der Waals surface area contributed by atoms with Gasteiger partial charge in [-0.15, -0.1) is 21.5 Å². The van der Waals surface area contributed by atoms with Gasteiger partial charge in [0.1, 0.15) is 12.0 Å². The zero-order valence-corrected chi connectivity index (χ0v) is 12.2. The van der Waals surface area contributed by atoms with Crippen LogP contribution in [-0.2, 0) is 5.75 Å². The maximum absolute atomic E-state index is 11.3. The van der Waals surface area contributed by atoms with E-state index in [1.54, 1.807) is 6.07 Å². The monoisotopic (exact) mass is 322 g/mol. The second kappa shape index (κ2) is 6.12. The number of carbonyl (C=O) groups excluding carboxylic acids is 1. The van der Waals surface area contributed by atoms with E-state index in [1.165, 1.54) is 29.4 Å². The number of hydrazine groups is 1. The summed E-state index contributed by atoms with van der Waals surface area (Å²) in [4.78, 5) is 12.2. The Labute approximate surface area is 127 Å². The number of rotatable bonds is 5. The first kappa shape index (κ1) is 13.9. The molecule has 0 atom stereocenters. The van der Waals surface area contributed by atoms with Crippen molar-refractivity contribution in [3.05, 3.63) is 41.2 Å². The Hall–Kier alpha value is -2.10. The number of hydrogen-bond donors (Lipinski definition) is 2. The molecule has 21 heavy (non-hydrogen) atoms. The van der Waals surface area contributed by atoms with Gasteiger partial charge in [0.15, 0.2) is 0 Å². The summed E-state index contributed by atoms with van der Waals surface area (Å²) in [5.41, 5.74) is 2.41. The molecule has 3 aromatic heterocycles. The lowest BCUT2D eigenvalue weighted by Gasteiger charge is -1.92. The number of aromatic nitrogens is 2. The molecule has 0 aliphatic carbocycles. The van der Waals surface area contributed by atoms with E-state index >= 15 is 0 Å². The number of nitrogens with zero attached hydrogens (tertiary/aromatic N) is 2. The van der Waals surface area contributed by atoms with Gasteiger partial charge < -0.3 is 8.83 Å². The number of furan rings is 1. The van der Waals surface area contributed by atoms with Gasteiger partial charge in [0.2, 0.25) is 0 Å². The second-order valence-electron chi connectivity index (χ2n) is 3.91. The third kappa shape index (κ3) is 3.15. The molecule has 7 nitrogen and oxygen atoms in total. The van der Waals surface area contributed by atoms with Crippen LogP contribution in [0.3, 0.4) is 0 Å². The van der Waals surface area contributed by atoms with E-state index < -0.39 is 5.91 Å². The van der Waals surface area contributed by atoms with Crippen molar-refractivity contribution in [1.82, 2.24) is 15.6 Å². The maximum Gasteiger partial charge on any atom is 0.277 e. The van der Waals surface area contributed by atoms with Crippen LogP contribution in [0.25, 0.3) is 10.8 Å². The van der Waals surface area contributed by atoms with Gasteiger partial charge in [0.25, 0.3) is 17.0 Å². The highest BCUT2D eigenvalue weighted by Crippen LogP contribution is 2.28. The van der Waals surface area contributed by atoms with Crippen molar-refractivity contribution in [3.63, 3.8) is 0 Å². The lowest BCUT2D eigenvalue weighted by molar-refractivity contribution is 0.0953. The second-order valence-corrected chi connectivity index (χ2v) is 5.79. The average Bonchev–Trinajstić information content (AvgIpc) is 3.23. The molecule has 3 rings (SSSR count). The SMILES string of the molecule is NNC(=O)c1coc(CSc2nnc(-c3cccs3)o2)c1. The molecule has 9 heteroatoms. The Bertz CT molecular complexity index is 735. The summed E-state index contributed by atoms with van der Waals surface area (Å²) in [6.07, 6.45) is 1.35. The van der Waals surface area contributed by atoms with Crippen LogP contribution in [0.1, 0.15) is 16.1 Å². The van der Waals surface area contributed by atoms with Crippen LogP contribution in [0.2, 0.25) is 0 Å². The van der Waals surface area contributed by atoms with Gasteiger partial charge in [-0.1, -0.05) is 17.8 Å². The van der Waals surface area contributed by atoms with E-state index in [0.717, 1.165) is 4.88 Å². The molecule has 0 radical (unpaired) electrons. The molecule has 0 bridgehead atoms. The van der Waals surface area contributed by atoms with Gasteiger partial charge >= 0.3 is 0 Å². The zero-order valence-electron chi connectivity index (χ0n) is 10.6. The normalized spacial score (nSPS) is 10.7. The van der Waals surface area contributed by atoms with E-state index in [0.29, 0.717) is 28.2 Å². The maximum atomic E-state index is 11.3. The third-order valence-corrected chi connectivity index (χ3v) is 4.22. The van der Waals surface area contributed by atoms with Crippen LogP contribution >= 0.6 is 23.1 Å². The lowest BCUT2D eigenvalue weighted by Crippen LogP contribution is -2.29. The summed E-state index contributed by atoms with van der Waals surface area (Å²) in [5, 5.41) is 10.3. The van der Waals surface area contributed by atoms with Crippen molar-refractivity contribution in [1.29, 1.82) is 0 Å². The molecule has 3 N–H and O–H groups in total. The zero-order chi connectivity index (χ0) is 14.7. The van der Waals surface area contributed by atoms with Crippen molar-refractivity contribution in [2.45, 2.75) is 11.0 Å². The molecule has 0 saturated heterocycles. The Morgan fingerprint density at radius 2 is 2.38 bits per heavy atom. The van der Waals surface area contributed by atoms with Gasteiger partial charge in [-0.25, -0.2) is 5.84 Å². The fraction of sp³-hybridized carbons (Fsp3) is 0.0833. The molecular formula is C12H10N4O3S2. The minimum Gasteiger partial charge on any atom is -0.468 e. The Morgan fingerprint density at radius 1 is 1.48 bits per heavy atom. The van der Waals surface area contributed by atoms with Crippen molar-refractivity contribution in [2.24, 2.45) is 5.84 Å². The van der Waals surface area contributed by atoms with Crippen molar-refractivity contribution >= 4 is 29.0 Å². The number of thioether (sulfide) groups is 1. The highest BCUT2D eigenvalue weighted by Gasteiger charge is 2.12. The Kier molecular flexibility index (Phi) is 4.04. The minimum absolute atomic E-state index is 0.373. The molecule has 0 spiro atoms. The van der Waals surface area contributed by atoms with Crippen LogP contribution in [0.4, 0.5) is 0 Å². The fourth-order valence-electron chi connectivity index (χ4n) is 1.56. The molecule has 108 valence electrons. The molecule has 3 heterocycles. The van der Waals surface area contributed by atoms with Crippen LogP contribution in [0, 0.1) is 0 Å². The van der Waals surface area contributed by atoms with Crippen LogP contribution in [0.5, 0.6) is 0 Å². The first-order valence-electron chi connectivity index (χ1n) is 5.85. The van der Waals surface area contributed by atoms with Gasteiger partial charge in [-0.05, 0) is 17.5 Å². The summed E-state index contributed by atoms with van der Waals surface area (Å²) < 4.78 is 10.8. The molecule has 0 aromatic carbocycles. The van der Waals surface area contributed by atoms with Crippen LogP contribution in [-0.4, -0.2) is 16.1 Å². The molecule has 3 aromatic rings. The smallest absolute Gasteiger partial charge is 0.277 e. The van der Waals surface area contributed by atoms with Gasteiger partial charge in [0.05, 0.1) is 16.2 Å². The van der Waals surface area contributed by atoms with E-state index in [-0.39, 0.29) is 0 Å². The van der Waals surface area contributed by atoms with Gasteiger partial charge in [0, 0.05) is 0 Å². The quantitative estimate of drug-likeness (QED) is 0.321. The van der Waals surface area contributed by atoms with E-state index in [1.807, 2.05) is 22.9 Å². The predicted octanol–water partition coefficient (Wildman–Crippen LogP) is 2.29. The number of nitrogen functional groups attached to an aromatic ring is 1. The topological polar surface area (TPSA) is 107 Å². The molecular weight excluding hydrogens is 312 g/mol. The summed E-state index contributed by atoms with van der Waals surface area (Å²) in [7, 11) is 0. The third-order valence-electron chi connectivity index (χ3n) is 2.52. The highest BCUT2D eigenvalue weighted by atomic mass is 32.2. The molecule has 0 aliphatic rings. The van der Waals surface area contributed by atoms with Crippen molar-refractivity contribution in [3.8, 4) is 10.8 Å². The van der Waals surface area contributed by atoms with E-state index in [2.05, 4.69) is 10.2 Å². The van der Waals surface area contributed by atoms with Crippen molar-refractivity contribution in [2.75, 3.05) is 0 Å². The number of nitrogens with two attached hydrogens (primary N) is 1. The first-order chi connectivity index (χ1) is 10.3. The van der Waals surface area contributed by atoms with Crippen LogP contribution in [0.15, 0.2) is 43.9 Å². The van der Waals surface area contributed by atoms with E-state index in [4.69, 9.17) is 14.7 Å². The van der Waals surface area contributed by atoms with E-state index in [9.17, 15) is 4.79 Å². The highest BCUT2D eigenvalue weighted by molar-refractivity contribution is 7.98. The van der Waals surface area contributed by atoms with Gasteiger partial charge in [-0.2, -0.15) is 0 Å². The summed E-state index contributed by atoms with van der Waals surface area (Å²) in [6, 6.07) is 5.45. The number of hydrogen-bond acceptors (Lipinski definition) is 8. The molecule has 0 fully saturated rings. The molecule has 1 amide bonds. The minimum atomic E-state index is -0.396. The molecule has 0 aliphatic heterocycles. The van der Waals surface area contributed by atoms with Gasteiger partial charge in [-0.3, -0.25) is 10.2 Å². The standard InChI is InChI=1S/C12H10N4O3S2/c13-14-10(17)7-4-8(18-5-7)6-21-12-16-15-11(19-12)9-2-1-3-20-9/h1-5H,6,13H2,(H,14,17). The molecule has 0 saturated carbocycles. The predicted molar refractivity (Wildman–Crippen MR) is 77.5 cm³/mol. The van der Waals surface area contributed by atoms with Crippen LogP contribution < -0.4 is 11.3 Å². The largest absolute Gasteiger partial charge is 0.468 e. The summed E-state index contributed by atoms with van der Waals surface area (Å²) in [5.74, 6) is 6.24. The molecule has 0 unspecified atom stereocenters. The average molecular weight is 322 g/mol.